The number of hydrogen-bond donors (Lipinski definition) is 4. The van der Waals surface area contributed by atoms with Crippen LogP contribution in [0.4, 0.5) is 34.1 Å². The van der Waals surface area contributed by atoms with E-state index in [9.17, 15) is 9.59 Å². The van der Waals surface area contributed by atoms with Gasteiger partial charge in [-0.2, -0.15) is 0 Å². The lowest BCUT2D eigenvalue weighted by molar-refractivity contribution is 0.102. The van der Waals surface area contributed by atoms with Crippen LogP contribution in [0.5, 0.6) is 0 Å². The third-order valence-corrected chi connectivity index (χ3v) is 5.80. The van der Waals surface area contributed by atoms with Crippen LogP contribution in [0.3, 0.4) is 0 Å². The molecular formula is C32H26N4O2. The highest BCUT2D eigenvalue weighted by Gasteiger charge is 2.11. The molecule has 0 atom stereocenters. The minimum Gasteiger partial charge on any atom is -0.356 e. The Balaban J connectivity index is 1.18. The Bertz CT molecular complexity index is 1400. The maximum atomic E-state index is 12.8. The minimum absolute atomic E-state index is 0.292. The Morgan fingerprint density at radius 1 is 0.368 bits per heavy atom. The van der Waals surface area contributed by atoms with Crippen molar-refractivity contribution in [2.24, 2.45) is 0 Å². The smallest absolute Gasteiger partial charge is 0.255 e. The second-order valence-corrected chi connectivity index (χ2v) is 8.63. The summed E-state index contributed by atoms with van der Waals surface area (Å²) in [5.74, 6) is -0.584. The first kappa shape index (κ1) is 24.3. The fraction of sp³-hybridized carbons (Fsp3) is 0. The van der Waals surface area contributed by atoms with Gasteiger partial charge in [-0.3, -0.25) is 9.59 Å². The molecule has 38 heavy (non-hydrogen) atoms. The lowest BCUT2D eigenvalue weighted by Gasteiger charge is -2.10. The number of rotatable bonds is 8. The largest absolute Gasteiger partial charge is 0.356 e. The van der Waals surface area contributed by atoms with Gasteiger partial charge in [0.1, 0.15) is 0 Å². The summed E-state index contributed by atoms with van der Waals surface area (Å²) < 4.78 is 0. The van der Waals surface area contributed by atoms with Crippen molar-refractivity contribution < 1.29 is 9.59 Å². The van der Waals surface area contributed by atoms with Gasteiger partial charge in [0.25, 0.3) is 11.8 Å². The zero-order valence-corrected chi connectivity index (χ0v) is 20.5. The van der Waals surface area contributed by atoms with Gasteiger partial charge in [0.05, 0.1) is 0 Å². The van der Waals surface area contributed by atoms with E-state index in [4.69, 9.17) is 0 Å². The normalized spacial score (nSPS) is 10.3. The van der Waals surface area contributed by atoms with Crippen molar-refractivity contribution in [2.75, 3.05) is 21.3 Å². The van der Waals surface area contributed by atoms with E-state index < -0.39 is 0 Å². The van der Waals surface area contributed by atoms with E-state index in [-0.39, 0.29) is 11.8 Å². The highest BCUT2D eigenvalue weighted by molar-refractivity contribution is 6.08. The quantitative estimate of drug-likeness (QED) is 0.177. The van der Waals surface area contributed by atoms with Gasteiger partial charge in [-0.25, -0.2) is 0 Å². The van der Waals surface area contributed by atoms with E-state index in [1.807, 2.05) is 109 Å². The predicted octanol–water partition coefficient (Wildman–Crippen LogP) is 7.68. The van der Waals surface area contributed by atoms with E-state index in [1.54, 1.807) is 24.3 Å². The second-order valence-electron chi connectivity index (χ2n) is 8.63. The fourth-order valence-corrected chi connectivity index (χ4v) is 3.86. The number of amides is 2. The molecule has 186 valence electrons. The topological polar surface area (TPSA) is 82.3 Å². The second kappa shape index (κ2) is 11.6. The molecule has 6 heteroatoms. The van der Waals surface area contributed by atoms with Gasteiger partial charge >= 0.3 is 0 Å². The number of hydrogen-bond acceptors (Lipinski definition) is 4. The first-order valence-corrected chi connectivity index (χ1v) is 12.2. The SMILES string of the molecule is O=C(Nc1ccc(Nc2ccccc2)cc1)c1cccc(C(=O)Nc2ccc(Nc3ccccc3)cc2)c1. The first-order valence-electron chi connectivity index (χ1n) is 12.2. The third-order valence-electron chi connectivity index (χ3n) is 5.80. The van der Waals surface area contributed by atoms with Gasteiger partial charge in [-0.05, 0) is 91.0 Å². The van der Waals surface area contributed by atoms with Crippen LogP contribution in [0.1, 0.15) is 20.7 Å². The number of anilines is 6. The fourth-order valence-electron chi connectivity index (χ4n) is 3.86. The Labute approximate surface area is 221 Å². The molecule has 0 aliphatic carbocycles. The molecule has 6 nitrogen and oxygen atoms in total. The number of para-hydroxylation sites is 2. The molecule has 0 saturated heterocycles. The summed E-state index contributed by atoms with van der Waals surface area (Å²) in [4.78, 5) is 25.7. The molecule has 5 aromatic carbocycles. The molecule has 5 rings (SSSR count). The lowest BCUT2D eigenvalue weighted by Crippen LogP contribution is -2.15. The maximum Gasteiger partial charge on any atom is 0.255 e. The molecule has 0 fully saturated rings. The van der Waals surface area contributed by atoms with Gasteiger partial charge in [-0.15, -0.1) is 0 Å². The van der Waals surface area contributed by atoms with Crippen LogP contribution in [-0.4, -0.2) is 11.8 Å². The van der Waals surface area contributed by atoms with Crippen LogP contribution in [0.2, 0.25) is 0 Å². The number of benzene rings is 5. The number of nitrogens with one attached hydrogen (secondary N) is 4. The van der Waals surface area contributed by atoms with Crippen LogP contribution in [-0.2, 0) is 0 Å². The van der Waals surface area contributed by atoms with Crippen molar-refractivity contribution >= 4 is 45.9 Å². The van der Waals surface area contributed by atoms with Gasteiger partial charge in [0.2, 0.25) is 0 Å². The highest BCUT2D eigenvalue weighted by Crippen LogP contribution is 2.21. The third kappa shape index (κ3) is 6.44. The van der Waals surface area contributed by atoms with Crippen molar-refractivity contribution in [3.8, 4) is 0 Å². The average Bonchev–Trinajstić information content (AvgIpc) is 2.96. The van der Waals surface area contributed by atoms with Crippen LogP contribution >= 0.6 is 0 Å². The Morgan fingerprint density at radius 3 is 1.11 bits per heavy atom. The van der Waals surface area contributed by atoms with Crippen molar-refractivity contribution in [1.82, 2.24) is 0 Å². The average molecular weight is 499 g/mol. The molecule has 0 aromatic heterocycles. The van der Waals surface area contributed by atoms with Gasteiger partial charge in [0.15, 0.2) is 0 Å². The molecular weight excluding hydrogens is 472 g/mol. The van der Waals surface area contributed by atoms with E-state index in [0.29, 0.717) is 22.5 Å². The van der Waals surface area contributed by atoms with Gasteiger partial charge in [-0.1, -0.05) is 42.5 Å². The summed E-state index contributed by atoms with van der Waals surface area (Å²) in [6, 6.07) is 41.3. The summed E-state index contributed by atoms with van der Waals surface area (Å²) in [6.45, 7) is 0. The van der Waals surface area contributed by atoms with E-state index >= 15 is 0 Å². The van der Waals surface area contributed by atoms with E-state index in [2.05, 4.69) is 21.3 Å². The predicted molar refractivity (Wildman–Crippen MR) is 155 cm³/mol. The Morgan fingerprint density at radius 2 is 0.711 bits per heavy atom. The van der Waals surface area contributed by atoms with Crippen molar-refractivity contribution in [3.05, 3.63) is 145 Å². The Hall–Kier alpha value is -5.36. The van der Waals surface area contributed by atoms with Crippen LogP contribution in [0, 0.1) is 0 Å². The van der Waals surface area contributed by atoms with Crippen molar-refractivity contribution in [3.63, 3.8) is 0 Å². The summed E-state index contributed by atoms with van der Waals surface area (Å²) in [5.41, 5.74) is 5.91. The van der Waals surface area contributed by atoms with E-state index in [0.717, 1.165) is 22.7 Å². The Kier molecular flexibility index (Phi) is 7.42. The highest BCUT2D eigenvalue weighted by atomic mass is 16.2. The van der Waals surface area contributed by atoms with Crippen LogP contribution < -0.4 is 21.3 Å². The van der Waals surface area contributed by atoms with Crippen molar-refractivity contribution in [1.29, 1.82) is 0 Å². The zero-order chi connectivity index (χ0) is 26.2. The molecule has 0 aliphatic rings. The van der Waals surface area contributed by atoms with Crippen LogP contribution in [0.15, 0.2) is 133 Å². The number of carbonyl (C=O) groups excluding carboxylic acids is 2. The maximum absolute atomic E-state index is 12.8. The monoisotopic (exact) mass is 498 g/mol. The molecule has 0 radical (unpaired) electrons. The summed E-state index contributed by atoms with van der Waals surface area (Å²) in [7, 11) is 0. The first-order chi connectivity index (χ1) is 18.6. The summed E-state index contributed by atoms with van der Waals surface area (Å²) in [5, 5.41) is 12.4. The summed E-state index contributed by atoms with van der Waals surface area (Å²) >= 11 is 0. The lowest BCUT2D eigenvalue weighted by atomic mass is 10.1. The molecule has 0 bridgehead atoms. The molecule has 0 unspecified atom stereocenters. The van der Waals surface area contributed by atoms with E-state index in [1.165, 1.54) is 0 Å². The molecule has 0 saturated carbocycles. The molecule has 2 amide bonds. The van der Waals surface area contributed by atoms with Gasteiger partial charge < -0.3 is 21.3 Å². The molecule has 0 aliphatic heterocycles. The molecule has 0 spiro atoms. The summed E-state index contributed by atoms with van der Waals surface area (Å²) in [6.07, 6.45) is 0. The molecule has 4 N–H and O–H groups in total. The minimum atomic E-state index is -0.292. The number of carbonyl (C=O) groups is 2. The standard InChI is InChI=1S/C32H26N4O2/c37-31(35-29-18-14-27(15-19-29)33-25-10-3-1-4-11-25)23-8-7-9-24(22-23)32(38)36-30-20-16-28(17-21-30)34-26-12-5-2-6-13-26/h1-22,33-34H,(H,35,37)(H,36,38). The molecule has 5 aromatic rings. The zero-order valence-electron chi connectivity index (χ0n) is 20.5. The van der Waals surface area contributed by atoms with Gasteiger partial charge in [0, 0.05) is 45.3 Å². The molecule has 0 heterocycles. The van der Waals surface area contributed by atoms with Crippen molar-refractivity contribution in [2.45, 2.75) is 0 Å². The van der Waals surface area contributed by atoms with Crippen LogP contribution in [0.25, 0.3) is 0 Å².